The van der Waals surface area contributed by atoms with E-state index in [9.17, 15) is 9.59 Å². The van der Waals surface area contributed by atoms with Crippen LogP contribution < -0.4 is 0 Å². The van der Waals surface area contributed by atoms with Gasteiger partial charge in [0.15, 0.2) is 24.1 Å². The van der Waals surface area contributed by atoms with Crippen LogP contribution in [0.15, 0.2) is 38.0 Å². The molecule has 0 amide bonds. The predicted molar refractivity (Wildman–Crippen MR) is 91.0 cm³/mol. The minimum Gasteiger partial charge on any atom is -0.461 e. The molecular weight excluding hydrogens is 379 g/mol. The van der Waals surface area contributed by atoms with E-state index in [2.05, 4.69) is 15.9 Å². The van der Waals surface area contributed by atoms with Gasteiger partial charge in [0.25, 0.3) is 0 Å². The lowest BCUT2D eigenvalue weighted by Crippen LogP contribution is -2.09. The molecule has 2 N–H and O–H groups in total. The van der Waals surface area contributed by atoms with Crippen LogP contribution in [0.4, 0.5) is 0 Å². The highest BCUT2D eigenvalue weighted by atomic mass is 79.9. The first-order chi connectivity index (χ1) is 11.5. The van der Waals surface area contributed by atoms with Crippen LogP contribution in [0.1, 0.15) is 58.3 Å². The highest BCUT2D eigenvalue weighted by molar-refractivity contribution is 9.10. The van der Waals surface area contributed by atoms with Crippen molar-refractivity contribution < 1.29 is 28.5 Å². The smallest absolute Gasteiger partial charge is 0.454 e. The summed E-state index contributed by atoms with van der Waals surface area (Å²) in [6, 6.07) is 3.43. The zero-order valence-electron chi connectivity index (χ0n) is 12.9. The topological polar surface area (TPSA) is 101 Å². The Morgan fingerprint density at radius 1 is 1.00 bits per heavy atom. The third kappa shape index (κ3) is 6.47. The summed E-state index contributed by atoms with van der Waals surface area (Å²) in [5.41, 5.74) is 1.18. The molecule has 6 nitrogen and oxygen atoms in total. The number of hydrogen-bond acceptors (Lipinski definition) is 6. The van der Waals surface area contributed by atoms with Crippen LogP contribution >= 0.6 is 15.9 Å². The monoisotopic (exact) mass is 396 g/mol. The molecule has 24 heavy (non-hydrogen) atoms. The lowest BCUT2D eigenvalue weighted by Gasteiger charge is -1.84. The molecule has 2 heterocycles. The van der Waals surface area contributed by atoms with Crippen molar-refractivity contribution in [3.63, 3.8) is 0 Å². The molecule has 2 aliphatic rings. The van der Waals surface area contributed by atoms with Gasteiger partial charge in [-0.2, -0.15) is 0 Å². The van der Waals surface area contributed by atoms with Gasteiger partial charge in [0.05, 0.1) is 10.7 Å². The first-order valence-corrected chi connectivity index (χ1v) is 8.41. The summed E-state index contributed by atoms with van der Waals surface area (Å²) in [6.07, 6.45) is 9.03. The molecule has 0 aromatic carbocycles. The van der Waals surface area contributed by atoms with Crippen LogP contribution in [-0.2, 0) is 0 Å². The largest absolute Gasteiger partial charge is 0.461 e. The first kappa shape index (κ1) is 18.7. The maximum atomic E-state index is 10.2. The van der Waals surface area contributed by atoms with Gasteiger partial charge in [-0.25, -0.2) is 0 Å². The van der Waals surface area contributed by atoms with Crippen LogP contribution in [0.5, 0.6) is 0 Å². The zero-order chi connectivity index (χ0) is 17.5. The average molecular weight is 397 g/mol. The minimum atomic E-state index is -1.04. The summed E-state index contributed by atoms with van der Waals surface area (Å²) >= 11 is 3.12. The predicted octanol–water partition coefficient (Wildman–Crippen LogP) is 3.45. The van der Waals surface area contributed by atoms with E-state index in [4.69, 9.17) is 18.9 Å². The van der Waals surface area contributed by atoms with Gasteiger partial charge in [0.2, 0.25) is 0 Å². The second kappa shape index (κ2) is 9.01. The van der Waals surface area contributed by atoms with E-state index in [-0.39, 0.29) is 5.82 Å². The number of hydrogen-bond donors (Lipinski definition) is 2. The lowest BCUT2D eigenvalue weighted by molar-refractivity contribution is 0.109. The van der Waals surface area contributed by atoms with Gasteiger partial charge in [-0.15, -0.1) is 0 Å². The van der Waals surface area contributed by atoms with Gasteiger partial charge < -0.3 is 18.9 Å². The number of carbonyl (C=O) groups excluding carboxylic acids is 2. The summed E-state index contributed by atoms with van der Waals surface area (Å²) in [6.45, 7) is 0. The van der Waals surface area contributed by atoms with E-state index in [1.807, 2.05) is 6.07 Å². The highest BCUT2D eigenvalue weighted by Gasteiger charge is 2.33. The zero-order valence-corrected chi connectivity index (χ0v) is 14.5. The Kier molecular flexibility index (Phi) is 7.02. The number of aldehydes is 2. The second-order valence-electron chi connectivity index (χ2n) is 5.71. The number of carbonyl (C=O) groups is 2. The van der Waals surface area contributed by atoms with Gasteiger partial charge in [-0.05, 0) is 52.1 Å². The molecule has 0 bridgehead atoms. The van der Waals surface area contributed by atoms with E-state index in [0.717, 1.165) is 23.6 Å². The maximum Gasteiger partial charge on any atom is 0.454 e. The van der Waals surface area contributed by atoms with Crippen LogP contribution in [0.25, 0.3) is 0 Å². The molecule has 2 saturated carbocycles. The van der Waals surface area contributed by atoms with Gasteiger partial charge >= 0.3 is 7.12 Å². The standard InChI is InChI=1S/C8H8O2.C5H3BrO2.C3H7BO2/c9-4-8-3-7(5-10-8)6-1-2-6;6-4-1-5(2-7)8-3-4;5-4(6)3-1-2-3/h3-6H,1-2H2;1-3H;3,5-6H,1-2H2. The summed E-state index contributed by atoms with van der Waals surface area (Å²) in [4.78, 5) is 20.1. The number of halogens is 1. The van der Waals surface area contributed by atoms with E-state index >= 15 is 0 Å². The maximum absolute atomic E-state index is 10.2. The van der Waals surface area contributed by atoms with Gasteiger partial charge in [0, 0.05) is 6.07 Å². The van der Waals surface area contributed by atoms with Crippen LogP contribution in [0.3, 0.4) is 0 Å². The Hall–Kier alpha value is -1.64. The molecule has 0 atom stereocenters. The van der Waals surface area contributed by atoms with Gasteiger partial charge in [-0.3, -0.25) is 9.59 Å². The molecule has 2 aliphatic carbocycles. The molecule has 128 valence electrons. The van der Waals surface area contributed by atoms with E-state index in [1.165, 1.54) is 24.7 Å². The van der Waals surface area contributed by atoms with E-state index in [1.54, 1.807) is 12.3 Å². The molecule has 2 aromatic rings. The molecule has 0 spiro atoms. The fourth-order valence-corrected chi connectivity index (χ4v) is 2.16. The molecule has 0 radical (unpaired) electrons. The summed E-state index contributed by atoms with van der Waals surface area (Å²) in [5, 5.41) is 16.5. The fourth-order valence-electron chi connectivity index (χ4n) is 1.85. The van der Waals surface area contributed by atoms with Crippen LogP contribution in [0, 0.1) is 0 Å². The third-order valence-electron chi connectivity index (χ3n) is 3.55. The normalized spacial score (nSPS) is 15.5. The van der Waals surface area contributed by atoms with Crippen molar-refractivity contribution in [1.29, 1.82) is 0 Å². The van der Waals surface area contributed by atoms with E-state index in [0.29, 0.717) is 23.7 Å². The summed E-state index contributed by atoms with van der Waals surface area (Å²) in [7, 11) is -1.04. The number of furan rings is 2. The Morgan fingerprint density at radius 3 is 1.88 bits per heavy atom. The van der Waals surface area contributed by atoms with Gasteiger partial charge in [0.1, 0.15) is 6.26 Å². The first-order valence-electron chi connectivity index (χ1n) is 7.62. The lowest BCUT2D eigenvalue weighted by atomic mass is 9.84. The molecule has 2 aromatic heterocycles. The van der Waals surface area contributed by atoms with Crippen molar-refractivity contribution >= 4 is 35.6 Å². The van der Waals surface area contributed by atoms with Crippen molar-refractivity contribution in [2.75, 3.05) is 0 Å². The highest BCUT2D eigenvalue weighted by Crippen LogP contribution is 2.40. The van der Waals surface area contributed by atoms with Crippen molar-refractivity contribution in [2.24, 2.45) is 0 Å². The molecule has 8 heteroatoms. The van der Waals surface area contributed by atoms with Crippen molar-refractivity contribution in [3.8, 4) is 0 Å². The van der Waals surface area contributed by atoms with Crippen molar-refractivity contribution in [1.82, 2.24) is 0 Å². The Morgan fingerprint density at radius 2 is 1.58 bits per heavy atom. The van der Waals surface area contributed by atoms with Crippen LogP contribution in [0.2, 0.25) is 5.82 Å². The van der Waals surface area contributed by atoms with Gasteiger partial charge in [-0.1, -0.05) is 12.8 Å². The van der Waals surface area contributed by atoms with Crippen LogP contribution in [-0.4, -0.2) is 29.7 Å². The molecule has 2 fully saturated rings. The number of rotatable bonds is 4. The molecule has 0 saturated heterocycles. The van der Waals surface area contributed by atoms with E-state index < -0.39 is 7.12 Å². The Labute approximate surface area is 148 Å². The van der Waals surface area contributed by atoms with Crippen molar-refractivity contribution in [2.45, 2.75) is 37.4 Å². The quantitative estimate of drug-likeness (QED) is 0.606. The third-order valence-corrected chi connectivity index (χ3v) is 3.97. The van der Waals surface area contributed by atoms with Crippen molar-refractivity contribution in [3.05, 3.63) is 46.2 Å². The second-order valence-corrected chi connectivity index (χ2v) is 6.63. The molecule has 0 aliphatic heterocycles. The Bertz CT molecular complexity index is 657. The Balaban J connectivity index is 0.000000135. The SMILES string of the molecule is O=Cc1cc(Br)co1.O=Cc1cc(C2CC2)co1.OB(O)C1CC1. The summed E-state index contributed by atoms with van der Waals surface area (Å²) < 4.78 is 10.4. The average Bonchev–Trinajstić information content (AvgIpc) is 3.51. The molecule has 0 unspecified atom stereocenters. The molecular formula is C16H18BBrO6. The molecule has 4 rings (SSSR count). The minimum absolute atomic E-state index is 0.213. The fraction of sp³-hybridized carbons (Fsp3) is 0.375. The summed E-state index contributed by atoms with van der Waals surface area (Å²) in [5.74, 6) is 1.68.